The molecule has 1 fully saturated rings. The number of aromatic nitrogens is 2. The number of esters is 3. The van der Waals surface area contributed by atoms with Crippen molar-refractivity contribution in [3.05, 3.63) is 42.4 Å². The van der Waals surface area contributed by atoms with E-state index in [4.69, 9.17) is 18.9 Å². The first-order valence-corrected chi connectivity index (χ1v) is 11.0. The zero-order valence-corrected chi connectivity index (χ0v) is 19.0. The molecule has 3 heterocycles. The number of aryl methyl sites for hydroxylation is 1. The molecule has 0 N–H and O–H groups in total. The van der Waals surface area contributed by atoms with Gasteiger partial charge in [-0.25, -0.2) is 0 Å². The van der Waals surface area contributed by atoms with E-state index >= 15 is 0 Å². The summed E-state index contributed by atoms with van der Waals surface area (Å²) in [7, 11) is 0. The number of nitrogens with zero attached hydrogens (tertiary/aromatic N) is 2. The van der Waals surface area contributed by atoms with E-state index in [1.54, 1.807) is 24.5 Å². The van der Waals surface area contributed by atoms with Crippen molar-refractivity contribution < 1.29 is 33.3 Å². The Balaban J connectivity index is 1.82. The van der Waals surface area contributed by atoms with Crippen LogP contribution in [-0.2, 0) is 28.6 Å². The molecule has 0 bridgehead atoms. The fraction of sp³-hybridized carbons (Fsp3) is 0.409. The number of hydrogen-bond acceptors (Lipinski definition) is 10. The van der Waals surface area contributed by atoms with Crippen molar-refractivity contribution in [1.82, 2.24) is 9.97 Å². The molecule has 170 valence electrons. The van der Waals surface area contributed by atoms with Gasteiger partial charge >= 0.3 is 17.9 Å². The van der Waals surface area contributed by atoms with Gasteiger partial charge in [-0.15, -0.1) is 11.8 Å². The van der Waals surface area contributed by atoms with Gasteiger partial charge in [0, 0.05) is 44.0 Å². The molecule has 0 unspecified atom stereocenters. The van der Waals surface area contributed by atoms with Gasteiger partial charge in [0.1, 0.15) is 5.75 Å². The van der Waals surface area contributed by atoms with Crippen LogP contribution in [0.3, 0.4) is 0 Å². The Bertz CT molecular complexity index is 982. The molecule has 10 heteroatoms. The average molecular weight is 461 g/mol. The average Bonchev–Trinajstić information content (AvgIpc) is 2.72. The van der Waals surface area contributed by atoms with Crippen LogP contribution in [0.5, 0.6) is 5.75 Å². The summed E-state index contributed by atoms with van der Waals surface area (Å²) >= 11 is 1.29. The van der Waals surface area contributed by atoms with Crippen molar-refractivity contribution in [3.63, 3.8) is 0 Å². The molecule has 3 rings (SSSR count). The molecule has 4 atom stereocenters. The Hall–Kier alpha value is -3.14. The molecule has 1 aliphatic rings. The van der Waals surface area contributed by atoms with Crippen LogP contribution in [0.2, 0.25) is 0 Å². The minimum atomic E-state index is -1.00. The SMILES string of the molecule is CC(=O)O[C@@H]1[C@@H](OC(C)=O)[C@H](OC(C)=O)CS[C@H]1Oc1ccc(-c2cccnc2C)nc1. The lowest BCUT2D eigenvalue weighted by Crippen LogP contribution is -2.55. The molecule has 2 aromatic rings. The number of carbonyl (C=O) groups is 3. The Morgan fingerprint density at radius 2 is 1.62 bits per heavy atom. The molecule has 0 saturated carbocycles. The summed E-state index contributed by atoms with van der Waals surface area (Å²) in [5.41, 5.74) is 1.79. The van der Waals surface area contributed by atoms with Crippen molar-refractivity contribution in [2.45, 2.75) is 51.4 Å². The summed E-state index contributed by atoms with van der Waals surface area (Å²) in [6, 6.07) is 7.32. The van der Waals surface area contributed by atoms with Gasteiger partial charge in [-0.1, -0.05) is 0 Å². The lowest BCUT2D eigenvalue weighted by atomic mass is 10.1. The highest BCUT2D eigenvalue weighted by Gasteiger charge is 2.47. The van der Waals surface area contributed by atoms with Crippen LogP contribution in [0.15, 0.2) is 36.7 Å². The number of pyridine rings is 2. The maximum absolute atomic E-state index is 11.8. The van der Waals surface area contributed by atoms with Crippen molar-refractivity contribution in [3.8, 4) is 17.0 Å². The third-order valence-corrected chi connectivity index (χ3v) is 5.79. The summed E-state index contributed by atoms with van der Waals surface area (Å²) in [5.74, 6) is -0.963. The van der Waals surface area contributed by atoms with Crippen LogP contribution >= 0.6 is 11.8 Å². The molecular formula is C22H24N2O7S. The third kappa shape index (κ3) is 5.97. The van der Waals surface area contributed by atoms with Gasteiger partial charge in [0.05, 0.1) is 11.9 Å². The number of ether oxygens (including phenoxy) is 4. The molecule has 9 nitrogen and oxygen atoms in total. The molecule has 0 aromatic carbocycles. The lowest BCUT2D eigenvalue weighted by Gasteiger charge is -2.39. The normalized spacial score (nSPS) is 22.5. The second-order valence-electron chi connectivity index (χ2n) is 7.13. The van der Waals surface area contributed by atoms with E-state index in [1.165, 1.54) is 32.5 Å². The molecule has 0 aliphatic carbocycles. The predicted molar refractivity (Wildman–Crippen MR) is 116 cm³/mol. The highest BCUT2D eigenvalue weighted by atomic mass is 32.2. The van der Waals surface area contributed by atoms with Gasteiger partial charge in [0.2, 0.25) is 0 Å². The Morgan fingerprint density at radius 3 is 2.22 bits per heavy atom. The minimum absolute atomic E-state index is 0.292. The quantitative estimate of drug-likeness (QED) is 0.471. The minimum Gasteiger partial charge on any atom is -0.474 e. The first-order chi connectivity index (χ1) is 15.2. The second-order valence-corrected chi connectivity index (χ2v) is 8.26. The summed E-state index contributed by atoms with van der Waals surface area (Å²) in [4.78, 5) is 43.6. The number of rotatable bonds is 6. The van der Waals surface area contributed by atoms with Gasteiger partial charge in [-0.05, 0) is 31.2 Å². The molecule has 1 saturated heterocycles. The highest BCUT2D eigenvalue weighted by molar-refractivity contribution is 7.99. The lowest BCUT2D eigenvalue weighted by molar-refractivity contribution is -0.186. The van der Waals surface area contributed by atoms with Crippen LogP contribution in [0.25, 0.3) is 11.3 Å². The van der Waals surface area contributed by atoms with E-state index in [2.05, 4.69) is 9.97 Å². The van der Waals surface area contributed by atoms with Crippen LogP contribution in [0.1, 0.15) is 26.5 Å². The zero-order valence-electron chi connectivity index (χ0n) is 18.1. The topological polar surface area (TPSA) is 114 Å². The summed E-state index contributed by atoms with van der Waals surface area (Å²) in [5, 5.41) is 0. The molecule has 1 aliphatic heterocycles. The maximum atomic E-state index is 11.8. The molecule has 0 radical (unpaired) electrons. The summed E-state index contributed by atoms with van der Waals surface area (Å²) in [6.45, 7) is 5.64. The second kappa shape index (κ2) is 10.4. The predicted octanol–water partition coefficient (Wildman–Crippen LogP) is 2.70. The third-order valence-electron chi connectivity index (χ3n) is 4.58. The number of hydrogen-bond donors (Lipinski definition) is 0. The van der Waals surface area contributed by atoms with Crippen LogP contribution in [0.4, 0.5) is 0 Å². The fourth-order valence-corrected chi connectivity index (χ4v) is 4.52. The van der Waals surface area contributed by atoms with Gasteiger partial charge in [-0.3, -0.25) is 24.4 Å². The molecule has 32 heavy (non-hydrogen) atoms. The molecule has 0 amide bonds. The van der Waals surface area contributed by atoms with Crippen LogP contribution in [-0.4, -0.2) is 57.4 Å². The van der Waals surface area contributed by atoms with E-state index in [0.717, 1.165) is 17.0 Å². The standard InChI is InChI=1S/C22H24N2O7S/c1-12-17(6-5-9-23-12)18-8-7-16(10-24-18)31-22-21(30-15(4)27)20(29-14(3)26)19(11-32-22)28-13(2)25/h5-10,19-22H,11H2,1-4H3/t19-,20+,21-,22-/m1/s1. The number of thioether (sulfide) groups is 1. The highest BCUT2D eigenvalue weighted by Crippen LogP contribution is 2.34. The van der Waals surface area contributed by atoms with Gasteiger partial charge < -0.3 is 18.9 Å². The first kappa shape index (κ1) is 23.5. The van der Waals surface area contributed by atoms with E-state index in [9.17, 15) is 14.4 Å². The fourth-order valence-electron chi connectivity index (χ4n) is 3.31. The van der Waals surface area contributed by atoms with Crippen LogP contribution in [0, 0.1) is 6.92 Å². The van der Waals surface area contributed by atoms with Crippen molar-refractivity contribution in [1.29, 1.82) is 0 Å². The Labute approximate surface area is 189 Å². The van der Waals surface area contributed by atoms with Crippen molar-refractivity contribution in [2.24, 2.45) is 0 Å². The Morgan fingerprint density at radius 1 is 0.938 bits per heavy atom. The Kier molecular flexibility index (Phi) is 7.68. The van der Waals surface area contributed by atoms with Gasteiger partial charge in [-0.2, -0.15) is 0 Å². The summed E-state index contributed by atoms with van der Waals surface area (Å²) < 4.78 is 22.1. The van der Waals surface area contributed by atoms with Crippen LogP contribution < -0.4 is 4.74 Å². The monoisotopic (exact) mass is 460 g/mol. The smallest absolute Gasteiger partial charge is 0.303 e. The summed E-state index contributed by atoms with van der Waals surface area (Å²) in [6.07, 6.45) is 0.511. The zero-order chi connectivity index (χ0) is 23.3. The van der Waals surface area contributed by atoms with E-state index in [0.29, 0.717) is 11.5 Å². The molecule has 2 aromatic heterocycles. The van der Waals surface area contributed by atoms with Gasteiger partial charge in [0.15, 0.2) is 23.7 Å². The van der Waals surface area contributed by atoms with E-state index in [1.807, 2.05) is 19.1 Å². The molecule has 0 spiro atoms. The largest absolute Gasteiger partial charge is 0.474 e. The van der Waals surface area contributed by atoms with E-state index in [-0.39, 0.29) is 0 Å². The van der Waals surface area contributed by atoms with Crippen molar-refractivity contribution >= 4 is 29.7 Å². The van der Waals surface area contributed by atoms with Gasteiger partial charge in [0.25, 0.3) is 0 Å². The van der Waals surface area contributed by atoms with E-state index < -0.39 is 41.7 Å². The first-order valence-electron chi connectivity index (χ1n) is 9.92. The molecular weight excluding hydrogens is 436 g/mol. The van der Waals surface area contributed by atoms with Crippen molar-refractivity contribution in [2.75, 3.05) is 5.75 Å². The maximum Gasteiger partial charge on any atom is 0.303 e. The number of carbonyl (C=O) groups excluding carboxylic acids is 3.